The van der Waals surface area contributed by atoms with E-state index in [4.69, 9.17) is 5.73 Å². The number of hydrogen-bond donors (Lipinski definition) is 1. The summed E-state index contributed by atoms with van der Waals surface area (Å²) in [5.74, 6) is 0.625. The molecule has 68 valence electrons. The van der Waals surface area contributed by atoms with Crippen LogP contribution in [0.15, 0.2) is 16.2 Å². The third kappa shape index (κ3) is 1.16. The van der Waals surface area contributed by atoms with Crippen molar-refractivity contribution in [3.63, 3.8) is 0 Å². The van der Waals surface area contributed by atoms with E-state index in [2.05, 4.69) is 4.98 Å². The van der Waals surface area contributed by atoms with E-state index in [1.165, 1.54) is 15.9 Å². The minimum Gasteiger partial charge on any atom is -0.324 e. The van der Waals surface area contributed by atoms with Gasteiger partial charge in [0, 0.05) is 7.05 Å². The van der Waals surface area contributed by atoms with Gasteiger partial charge < -0.3 is 5.73 Å². The Morgan fingerprint density at radius 1 is 1.69 bits per heavy atom. The zero-order chi connectivity index (χ0) is 9.42. The minimum absolute atomic E-state index is 0.0216. The molecule has 0 atom stereocenters. The van der Waals surface area contributed by atoms with Crippen LogP contribution in [-0.4, -0.2) is 9.55 Å². The topological polar surface area (TPSA) is 60.9 Å². The Morgan fingerprint density at radius 3 is 3.15 bits per heavy atom. The van der Waals surface area contributed by atoms with E-state index in [-0.39, 0.29) is 5.56 Å². The third-order valence-corrected chi connectivity index (χ3v) is 2.79. The lowest BCUT2D eigenvalue weighted by molar-refractivity contribution is 0.743. The summed E-state index contributed by atoms with van der Waals surface area (Å²) in [5, 5.41) is 2.53. The lowest BCUT2D eigenvalue weighted by Gasteiger charge is -2.03. The Morgan fingerprint density at radius 2 is 2.46 bits per heavy atom. The van der Waals surface area contributed by atoms with Gasteiger partial charge in [0.05, 0.1) is 11.9 Å². The maximum atomic E-state index is 11.6. The molecule has 0 aliphatic carbocycles. The van der Waals surface area contributed by atoms with Crippen molar-refractivity contribution in [3.05, 3.63) is 27.6 Å². The van der Waals surface area contributed by atoms with Crippen LogP contribution in [0.5, 0.6) is 0 Å². The molecular formula is C8H9N3OS. The maximum Gasteiger partial charge on any atom is 0.262 e. The first-order valence-corrected chi connectivity index (χ1v) is 4.75. The van der Waals surface area contributed by atoms with Gasteiger partial charge in [-0.05, 0) is 11.4 Å². The lowest BCUT2D eigenvalue weighted by Crippen LogP contribution is -2.23. The smallest absolute Gasteiger partial charge is 0.262 e. The fraction of sp³-hybridized carbons (Fsp3) is 0.250. The molecule has 0 aliphatic rings. The van der Waals surface area contributed by atoms with Crippen molar-refractivity contribution in [1.82, 2.24) is 9.55 Å². The predicted octanol–water partition coefficient (Wildman–Crippen LogP) is 0.454. The van der Waals surface area contributed by atoms with Gasteiger partial charge in [0.15, 0.2) is 0 Å². The zero-order valence-electron chi connectivity index (χ0n) is 7.15. The summed E-state index contributed by atoms with van der Waals surface area (Å²) < 4.78 is 1.50. The lowest BCUT2D eigenvalue weighted by atomic mass is 10.4. The van der Waals surface area contributed by atoms with Crippen LogP contribution in [0.25, 0.3) is 10.2 Å². The molecule has 0 saturated carbocycles. The first kappa shape index (κ1) is 8.40. The molecule has 2 N–H and O–H groups in total. The first-order chi connectivity index (χ1) is 6.24. The summed E-state index contributed by atoms with van der Waals surface area (Å²) >= 11 is 1.46. The number of hydrogen-bond acceptors (Lipinski definition) is 4. The van der Waals surface area contributed by atoms with Gasteiger partial charge in [0.25, 0.3) is 5.56 Å². The van der Waals surface area contributed by atoms with Crippen molar-refractivity contribution in [2.45, 2.75) is 6.54 Å². The van der Waals surface area contributed by atoms with Gasteiger partial charge in [-0.15, -0.1) is 11.3 Å². The van der Waals surface area contributed by atoms with E-state index >= 15 is 0 Å². The van der Waals surface area contributed by atoms with Crippen molar-refractivity contribution in [1.29, 1.82) is 0 Å². The molecule has 0 spiro atoms. The molecule has 2 aromatic heterocycles. The summed E-state index contributed by atoms with van der Waals surface area (Å²) in [5.41, 5.74) is 5.44. The largest absolute Gasteiger partial charge is 0.324 e. The van der Waals surface area contributed by atoms with Gasteiger partial charge in [0.1, 0.15) is 10.7 Å². The van der Waals surface area contributed by atoms with Crippen LogP contribution in [0.1, 0.15) is 5.82 Å². The second-order valence-corrected chi connectivity index (χ2v) is 3.63. The fourth-order valence-corrected chi connectivity index (χ4v) is 2.00. The van der Waals surface area contributed by atoms with Gasteiger partial charge >= 0.3 is 0 Å². The van der Waals surface area contributed by atoms with Crippen LogP contribution in [0.3, 0.4) is 0 Å². The summed E-state index contributed by atoms with van der Waals surface area (Å²) in [6.45, 7) is 0.291. The van der Waals surface area contributed by atoms with E-state index in [9.17, 15) is 4.79 Å². The van der Waals surface area contributed by atoms with E-state index < -0.39 is 0 Å². The highest BCUT2D eigenvalue weighted by Gasteiger charge is 2.06. The van der Waals surface area contributed by atoms with Crippen LogP contribution in [0.2, 0.25) is 0 Å². The number of rotatable bonds is 1. The van der Waals surface area contributed by atoms with Crippen molar-refractivity contribution in [3.8, 4) is 0 Å². The molecule has 0 unspecified atom stereocenters. The summed E-state index contributed by atoms with van der Waals surface area (Å²) in [7, 11) is 1.69. The van der Waals surface area contributed by atoms with E-state index in [0.717, 1.165) is 4.83 Å². The Balaban J connectivity index is 2.92. The van der Waals surface area contributed by atoms with Crippen molar-refractivity contribution in [2.75, 3.05) is 0 Å². The van der Waals surface area contributed by atoms with Crippen LogP contribution < -0.4 is 11.3 Å². The molecule has 5 heteroatoms. The Hall–Kier alpha value is -1.20. The van der Waals surface area contributed by atoms with Crippen LogP contribution in [-0.2, 0) is 13.6 Å². The highest BCUT2D eigenvalue weighted by Crippen LogP contribution is 2.14. The molecule has 0 amide bonds. The van der Waals surface area contributed by atoms with Gasteiger partial charge in [-0.25, -0.2) is 4.98 Å². The maximum absolute atomic E-state index is 11.6. The summed E-state index contributed by atoms with van der Waals surface area (Å²) in [6.07, 6.45) is 0. The van der Waals surface area contributed by atoms with Gasteiger partial charge in [-0.3, -0.25) is 9.36 Å². The second kappa shape index (κ2) is 2.93. The average molecular weight is 195 g/mol. The monoisotopic (exact) mass is 195 g/mol. The number of thiophene rings is 1. The molecule has 2 rings (SSSR count). The normalized spacial score (nSPS) is 10.9. The highest BCUT2D eigenvalue weighted by molar-refractivity contribution is 7.16. The van der Waals surface area contributed by atoms with E-state index in [0.29, 0.717) is 17.8 Å². The van der Waals surface area contributed by atoms with Crippen LogP contribution >= 0.6 is 11.3 Å². The quantitative estimate of drug-likeness (QED) is 0.718. The standard InChI is InChI=1S/C8H9N3OS/c1-11-6(4-9)10-7-5(8(11)12)2-3-13-7/h2-3H,4,9H2,1H3. The van der Waals surface area contributed by atoms with Crippen molar-refractivity contribution >= 4 is 21.6 Å². The summed E-state index contributed by atoms with van der Waals surface area (Å²) in [4.78, 5) is 16.7. The minimum atomic E-state index is -0.0216. The highest BCUT2D eigenvalue weighted by atomic mass is 32.1. The Labute approximate surface area is 78.6 Å². The molecule has 4 nitrogen and oxygen atoms in total. The van der Waals surface area contributed by atoms with E-state index in [1.54, 1.807) is 13.1 Å². The molecule has 0 bridgehead atoms. The molecule has 0 fully saturated rings. The number of nitrogens with zero attached hydrogens (tertiary/aromatic N) is 2. The molecule has 0 saturated heterocycles. The second-order valence-electron chi connectivity index (χ2n) is 2.74. The van der Waals surface area contributed by atoms with Gasteiger partial charge in [-0.1, -0.05) is 0 Å². The predicted molar refractivity (Wildman–Crippen MR) is 52.8 cm³/mol. The molecule has 0 aliphatic heterocycles. The Bertz CT molecular complexity index is 500. The van der Waals surface area contributed by atoms with Crippen molar-refractivity contribution in [2.24, 2.45) is 12.8 Å². The molecule has 2 aromatic rings. The fourth-order valence-electron chi connectivity index (χ4n) is 1.22. The molecular weight excluding hydrogens is 186 g/mol. The third-order valence-electron chi connectivity index (χ3n) is 1.98. The van der Waals surface area contributed by atoms with Gasteiger partial charge in [0.2, 0.25) is 0 Å². The molecule has 0 aromatic carbocycles. The van der Waals surface area contributed by atoms with Crippen molar-refractivity contribution < 1.29 is 0 Å². The first-order valence-electron chi connectivity index (χ1n) is 3.87. The number of aromatic nitrogens is 2. The number of nitrogens with two attached hydrogens (primary N) is 1. The van der Waals surface area contributed by atoms with Crippen LogP contribution in [0.4, 0.5) is 0 Å². The molecule has 0 radical (unpaired) electrons. The van der Waals surface area contributed by atoms with Crippen LogP contribution in [0, 0.1) is 0 Å². The zero-order valence-corrected chi connectivity index (χ0v) is 7.97. The average Bonchev–Trinajstić information content (AvgIpc) is 2.59. The van der Waals surface area contributed by atoms with Gasteiger partial charge in [-0.2, -0.15) is 0 Å². The number of fused-ring (bicyclic) bond motifs is 1. The van der Waals surface area contributed by atoms with E-state index in [1.807, 2.05) is 5.38 Å². The SMILES string of the molecule is Cn1c(CN)nc2sccc2c1=O. The summed E-state index contributed by atoms with van der Waals surface area (Å²) in [6, 6.07) is 1.79. The Kier molecular flexibility index (Phi) is 1.90. The molecule has 2 heterocycles. The molecule has 13 heavy (non-hydrogen) atoms.